The van der Waals surface area contributed by atoms with Crippen LogP contribution in [-0.4, -0.2) is 67.2 Å². The Balaban J connectivity index is 1.71. The predicted octanol–water partition coefficient (Wildman–Crippen LogP) is 0.835. The van der Waals surface area contributed by atoms with Gasteiger partial charge in [-0.2, -0.15) is 13.2 Å². The molecular formula is C12H20F3N3O. The highest BCUT2D eigenvalue weighted by molar-refractivity contribution is 5.77. The van der Waals surface area contributed by atoms with Gasteiger partial charge in [0.15, 0.2) is 0 Å². The molecule has 1 amide bonds. The molecule has 1 atom stereocenters. The maximum Gasteiger partial charge on any atom is 0.401 e. The summed E-state index contributed by atoms with van der Waals surface area (Å²) in [5.74, 6) is 0.0612. The maximum atomic E-state index is 12.2. The van der Waals surface area contributed by atoms with Crippen molar-refractivity contribution in [2.75, 3.05) is 39.3 Å². The Hall–Kier alpha value is -0.820. The van der Waals surface area contributed by atoms with Crippen LogP contribution >= 0.6 is 0 Å². The van der Waals surface area contributed by atoms with Crippen molar-refractivity contribution >= 4 is 5.91 Å². The molecule has 2 aliphatic heterocycles. The molecule has 0 aromatic rings. The van der Waals surface area contributed by atoms with E-state index in [0.717, 1.165) is 19.4 Å². The molecule has 0 aromatic heterocycles. The fourth-order valence-electron chi connectivity index (χ4n) is 2.68. The Morgan fingerprint density at radius 3 is 2.42 bits per heavy atom. The van der Waals surface area contributed by atoms with Gasteiger partial charge in [0.05, 0.1) is 6.54 Å². The zero-order chi connectivity index (χ0) is 13.9. The number of halogens is 3. The molecule has 0 saturated carbocycles. The fourth-order valence-corrected chi connectivity index (χ4v) is 2.68. The molecular weight excluding hydrogens is 259 g/mol. The molecule has 0 radical (unpaired) electrons. The molecule has 7 heteroatoms. The van der Waals surface area contributed by atoms with Crippen molar-refractivity contribution in [3.05, 3.63) is 0 Å². The van der Waals surface area contributed by atoms with Crippen LogP contribution in [0.25, 0.3) is 0 Å². The second kappa shape index (κ2) is 6.09. The lowest BCUT2D eigenvalue weighted by atomic mass is 10.1. The summed E-state index contributed by atoms with van der Waals surface area (Å²) in [7, 11) is 0. The van der Waals surface area contributed by atoms with Crippen molar-refractivity contribution in [1.82, 2.24) is 15.1 Å². The number of rotatable bonds is 3. The average Bonchev–Trinajstić information content (AvgIpc) is 2.80. The summed E-state index contributed by atoms with van der Waals surface area (Å²) in [4.78, 5) is 15.0. The van der Waals surface area contributed by atoms with Crippen LogP contribution in [0, 0.1) is 0 Å². The second-order valence-electron chi connectivity index (χ2n) is 5.27. The van der Waals surface area contributed by atoms with E-state index in [0.29, 0.717) is 32.6 Å². The molecule has 2 saturated heterocycles. The van der Waals surface area contributed by atoms with Crippen molar-refractivity contribution in [2.45, 2.75) is 31.5 Å². The van der Waals surface area contributed by atoms with E-state index in [-0.39, 0.29) is 11.9 Å². The summed E-state index contributed by atoms with van der Waals surface area (Å²) >= 11 is 0. The Morgan fingerprint density at radius 1 is 1.21 bits per heavy atom. The minimum absolute atomic E-state index is 0.0612. The van der Waals surface area contributed by atoms with Gasteiger partial charge in [-0.25, -0.2) is 0 Å². The average molecular weight is 279 g/mol. The van der Waals surface area contributed by atoms with Crippen molar-refractivity contribution < 1.29 is 18.0 Å². The molecule has 0 bridgehead atoms. The largest absolute Gasteiger partial charge is 0.401 e. The van der Waals surface area contributed by atoms with E-state index in [2.05, 4.69) is 5.32 Å². The van der Waals surface area contributed by atoms with E-state index in [1.54, 1.807) is 4.90 Å². The lowest BCUT2D eigenvalue weighted by Crippen LogP contribution is -2.51. The van der Waals surface area contributed by atoms with Gasteiger partial charge in [-0.3, -0.25) is 9.69 Å². The number of piperazine rings is 1. The van der Waals surface area contributed by atoms with Crippen LogP contribution in [0.1, 0.15) is 19.3 Å². The predicted molar refractivity (Wildman–Crippen MR) is 64.7 cm³/mol. The first-order valence-electron chi connectivity index (χ1n) is 6.74. The first-order chi connectivity index (χ1) is 8.94. The number of carbonyl (C=O) groups is 1. The van der Waals surface area contributed by atoms with Crippen LogP contribution in [0.4, 0.5) is 13.2 Å². The second-order valence-corrected chi connectivity index (χ2v) is 5.27. The smallest absolute Gasteiger partial charge is 0.340 e. The Bertz CT molecular complexity index is 308. The van der Waals surface area contributed by atoms with Gasteiger partial charge in [-0.05, 0) is 19.4 Å². The van der Waals surface area contributed by atoms with Crippen molar-refractivity contribution in [2.24, 2.45) is 0 Å². The Labute approximate surface area is 110 Å². The third kappa shape index (κ3) is 4.65. The van der Waals surface area contributed by atoms with Gasteiger partial charge < -0.3 is 10.2 Å². The van der Waals surface area contributed by atoms with E-state index in [1.165, 1.54) is 4.90 Å². The van der Waals surface area contributed by atoms with Crippen LogP contribution < -0.4 is 5.32 Å². The molecule has 4 nitrogen and oxygen atoms in total. The van der Waals surface area contributed by atoms with Crippen LogP contribution in [-0.2, 0) is 4.79 Å². The van der Waals surface area contributed by atoms with Gasteiger partial charge in [0.1, 0.15) is 0 Å². The molecule has 110 valence electrons. The molecule has 0 aromatic carbocycles. The number of nitrogens with one attached hydrogen (secondary N) is 1. The fraction of sp³-hybridized carbons (Fsp3) is 0.917. The number of carbonyl (C=O) groups excluding carboxylic acids is 1. The number of nitrogens with zero attached hydrogens (tertiary/aromatic N) is 2. The van der Waals surface area contributed by atoms with Crippen LogP contribution in [0.15, 0.2) is 0 Å². The normalized spacial score (nSPS) is 25.8. The highest BCUT2D eigenvalue weighted by atomic mass is 19.4. The molecule has 2 aliphatic rings. The molecule has 0 aliphatic carbocycles. The standard InChI is InChI=1S/C12H20F3N3O/c13-12(14,15)9-17-4-6-18(7-5-17)11(19)8-10-2-1-3-16-10/h10,16H,1-9H2. The van der Waals surface area contributed by atoms with Gasteiger partial charge in [-0.1, -0.05) is 0 Å². The highest BCUT2D eigenvalue weighted by Gasteiger charge is 2.33. The summed E-state index contributed by atoms with van der Waals surface area (Å²) in [6.07, 6.45) is -1.57. The van der Waals surface area contributed by atoms with Crippen LogP contribution in [0.5, 0.6) is 0 Å². The number of amides is 1. The summed E-state index contributed by atoms with van der Waals surface area (Å²) in [6, 6.07) is 0.251. The van der Waals surface area contributed by atoms with Gasteiger partial charge in [-0.15, -0.1) is 0 Å². The van der Waals surface area contributed by atoms with Gasteiger partial charge in [0, 0.05) is 38.6 Å². The lowest BCUT2D eigenvalue weighted by Gasteiger charge is -2.35. The number of alkyl halides is 3. The molecule has 2 rings (SSSR count). The molecule has 19 heavy (non-hydrogen) atoms. The number of hydrogen-bond donors (Lipinski definition) is 1. The van der Waals surface area contributed by atoms with Crippen molar-refractivity contribution in [1.29, 1.82) is 0 Å². The zero-order valence-corrected chi connectivity index (χ0v) is 10.9. The monoisotopic (exact) mass is 279 g/mol. The van der Waals surface area contributed by atoms with E-state index in [1.807, 2.05) is 0 Å². The van der Waals surface area contributed by atoms with Gasteiger partial charge in [0.2, 0.25) is 5.91 Å². The maximum absolute atomic E-state index is 12.2. The van der Waals surface area contributed by atoms with E-state index >= 15 is 0 Å². The topological polar surface area (TPSA) is 35.6 Å². The SMILES string of the molecule is O=C(CC1CCCN1)N1CCN(CC(F)(F)F)CC1. The van der Waals surface area contributed by atoms with E-state index in [9.17, 15) is 18.0 Å². The summed E-state index contributed by atoms with van der Waals surface area (Å²) in [5, 5.41) is 3.26. The van der Waals surface area contributed by atoms with Crippen molar-refractivity contribution in [3.8, 4) is 0 Å². The molecule has 2 fully saturated rings. The summed E-state index contributed by atoms with van der Waals surface area (Å²) < 4.78 is 36.7. The summed E-state index contributed by atoms with van der Waals surface area (Å²) in [6.45, 7) is 1.51. The zero-order valence-electron chi connectivity index (χ0n) is 10.9. The first-order valence-corrected chi connectivity index (χ1v) is 6.74. The minimum Gasteiger partial charge on any atom is -0.340 e. The van der Waals surface area contributed by atoms with Gasteiger partial charge >= 0.3 is 6.18 Å². The first kappa shape index (κ1) is 14.6. The van der Waals surface area contributed by atoms with E-state index in [4.69, 9.17) is 0 Å². The minimum atomic E-state index is -4.15. The molecule has 1 unspecified atom stereocenters. The number of hydrogen-bond acceptors (Lipinski definition) is 3. The Morgan fingerprint density at radius 2 is 1.89 bits per heavy atom. The highest BCUT2D eigenvalue weighted by Crippen LogP contribution is 2.18. The molecule has 2 heterocycles. The molecule has 1 N–H and O–H groups in total. The van der Waals surface area contributed by atoms with Crippen LogP contribution in [0.2, 0.25) is 0 Å². The van der Waals surface area contributed by atoms with Crippen molar-refractivity contribution in [3.63, 3.8) is 0 Å². The quantitative estimate of drug-likeness (QED) is 0.831. The third-order valence-corrected chi connectivity index (χ3v) is 3.71. The van der Waals surface area contributed by atoms with Crippen LogP contribution in [0.3, 0.4) is 0 Å². The van der Waals surface area contributed by atoms with Gasteiger partial charge in [0.25, 0.3) is 0 Å². The lowest BCUT2D eigenvalue weighted by molar-refractivity contribution is -0.151. The molecule has 0 spiro atoms. The summed E-state index contributed by atoms with van der Waals surface area (Å²) in [5.41, 5.74) is 0. The third-order valence-electron chi connectivity index (χ3n) is 3.71. The van der Waals surface area contributed by atoms with E-state index < -0.39 is 12.7 Å². The Kier molecular flexibility index (Phi) is 4.67.